The molecule has 1 saturated carbocycles. The molecule has 1 fully saturated rings. The van der Waals surface area contributed by atoms with Gasteiger partial charge in [0.2, 0.25) is 0 Å². The third kappa shape index (κ3) is 2.96. The highest BCUT2D eigenvalue weighted by Gasteiger charge is 2.36. The average Bonchev–Trinajstić information content (AvgIpc) is 3.19. The number of amidine groups is 1. The minimum Gasteiger partial charge on any atom is -0.409 e. The van der Waals surface area contributed by atoms with Crippen LogP contribution in [-0.4, -0.2) is 23.0 Å². The van der Waals surface area contributed by atoms with Crippen LogP contribution in [0.15, 0.2) is 23.4 Å². The molecule has 7 heteroatoms. The van der Waals surface area contributed by atoms with Crippen LogP contribution < -0.4 is 11.1 Å². The van der Waals surface area contributed by atoms with Crippen molar-refractivity contribution >= 4 is 23.3 Å². The maximum Gasteiger partial charge on any atom is 0.256 e. The molecule has 0 aromatic heterocycles. The van der Waals surface area contributed by atoms with Crippen LogP contribution in [-0.2, 0) is 0 Å². The molecule has 0 saturated heterocycles. The van der Waals surface area contributed by atoms with Crippen LogP contribution in [0, 0.1) is 11.7 Å². The minimum atomic E-state index is -0.709. The van der Waals surface area contributed by atoms with E-state index < -0.39 is 17.8 Å². The molecule has 1 aromatic rings. The number of benzene rings is 1. The van der Waals surface area contributed by atoms with Crippen LogP contribution in [0.5, 0.6) is 0 Å². The Bertz CT molecular complexity index is 511. The Balaban J connectivity index is 2.20. The molecule has 5 nitrogen and oxygen atoms in total. The average molecular weight is 286 g/mol. The first-order valence-electron chi connectivity index (χ1n) is 5.77. The van der Waals surface area contributed by atoms with Gasteiger partial charge in [0.15, 0.2) is 5.84 Å². The fourth-order valence-electron chi connectivity index (χ4n) is 1.85. The van der Waals surface area contributed by atoms with E-state index in [1.54, 1.807) is 0 Å². The van der Waals surface area contributed by atoms with Gasteiger partial charge in [0, 0.05) is 0 Å². The Labute approximate surface area is 114 Å². The second-order valence-corrected chi connectivity index (χ2v) is 4.82. The number of carbonyl (C=O) groups is 1. The normalized spacial score (nSPS) is 17.1. The van der Waals surface area contributed by atoms with Gasteiger partial charge in [-0.2, -0.15) is 0 Å². The van der Waals surface area contributed by atoms with Crippen molar-refractivity contribution in [3.8, 4) is 0 Å². The highest BCUT2D eigenvalue weighted by atomic mass is 35.5. The van der Waals surface area contributed by atoms with Crippen molar-refractivity contribution in [2.24, 2.45) is 16.8 Å². The van der Waals surface area contributed by atoms with Crippen molar-refractivity contribution in [2.75, 3.05) is 0 Å². The molecule has 1 amide bonds. The maximum absolute atomic E-state index is 13.6. The van der Waals surface area contributed by atoms with E-state index in [1.807, 2.05) is 0 Å². The van der Waals surface area contributed by atoms with Crippen LogP contribution in [0.3, 0.4) is 0 Å². The van der Waals surface area contributed by atoms with Crippen molar-refractivity contribution in [3.63, 3.8) is 0 Å². The molecule has 0 bridgehead atoms. The zero-order chi connectivity index (χ0) is 14.0. The van der Waals surface area contributed by atoms with E-state index in [1.165, 1.54) is 12.1 Å². The van der Waals surface area contributed by atoms with Gasteiger partial charge in [-0.05, 0) is 30.9 Å². The SMILES string of the molecule is NC(=NO)C(NC(=O)c1c(F)cccc1Cl)C1CC1. The summed E-state index contributed by atoms with van der Waals surface area (Å²) < 4.78 is 13.6. The Morgan fingerprint density at radius 2 is 2.26 bits per heavy atom. The van der Waals surface area contributed by atoms with E-state index in [-0.39, 0.29) is 22.3 Å². The molecule has 0 radical (unpaired) electrons. The molecule has 1 aliphatic carbocycles. The highest BCUT2D eigenvalue weighted by Crippen LogP contribution is 2.33. The number of amides is 1. The summed E-state index contributed by atoms with van der Waals surface area (Å²) in [7, 11) is 0. The van der Waals surface area contributed by atoms with Crippen molar-refractivity contribution in [1.29, 1.82) is 0 Å². The van der Waals surface area contributed by atoms with Gasteiger partial charge in [-0.15, -0.1) is 0 Å². The first-order chi connectivity index (χ1) is 9.04. The molecule has 1 atom stereocenters. The first kappa shape index (κ1) is 13.6. The number of nitrogens with two attached hydrogens (primary N) is 1. The number of halogens is 2. The van der Waals surface area contributed by atoms with Gasteiger partial charge < -0.3 is 16.3 Å². The molecular weight excluding hydrogens is 273 g/mol. The predicted molar refractivity (Wildman–Crippen MR) is 68.8 cm³/mol. The largest absolute Gasteiger partial charge is 0.409 e. The van der Waals surface area contributed by atoms with Gasteiger partial charge in [-0.1, -0.05) is 22.8 Å². The first-order valence-corrected chi connectivity index (χ1v) is 6.14. The van der Waals surface area contributed by atoms with Crippen molar-refractivity contribution < 1.29 is 14.4 Å². The summed E-state index contributed by atoms with van der Waals surface area (Å²) >= 11 is 5.80. The van der Waals surface area contributed by atoms with Crippen LogP contribution in [0.25, 0.3) is 0 Å². The fourth-order valence-corrected chi connectivity index (χ4v) is 2.10. The second kappa shape index (κ2) is 5.44. The fraction of sp³-hybridized carbons (Fsp3) is 0.333. The molecular formula is C12H13ClFN3O2. The van der Waals surface area contributed by atoms with Gasteiger partial charge in [-0.3, -0.25) is 4.79 Å². The Morgan fingerprint density at radius 1 is 1.58 bits per heavy atom. The molecule has 0 aliphatic heterocycles. The Hall–Kier alpha value is -1.82. The summed E-state index contributed by atoms with van der Waals surface area (Å²) in [6, 6.07) is 3.38. The summed E-state index contributed by atoms with van der Waals surface area (Å²) in [6.45, 7) is 0. The lowest BCUT2D eigenvalue weighted by atomic mass is 10.1. The molecule has 102 valence electrons. The molecule has 0 spiro atoms. The Kier molecular flexibility index (Phi) is 3.90. The number of carbonyl (C=O) groups excluding carboxylic acids is 1. The monoisotopic (exact) mass is 285 g/mol. The molecule has 0 heterocycles. The van der Waals surface area contributed by atoms with Gasteiger partial charge >= 0.3 is 0 Å². The smallest absolute Gasteiger partial charge is 0.256 e. The molecule has 4 N–H and O–H groups in total. The number of hydrogen-bond donors (Lipinski definition) is 3. The van der Waals surface area contributed by atoms with Crippen LogP contribution in [0.4, 0.5) is 4.39 Å². The number of nitrogens with one attached hydrogen (secondary N) is 1. The van der Waals surface area contributed by atoms with Crippen LogP contribution in [0.2, 0.25) is 5.02 Å². The van der Waals surface area contributed by atoms with E-state index in [2.05, 4.69) is 10.5 Å². The number of rotatable bonds is 4. The summed E-state index contributed by atoms with van der Waals surface area (Å²) in [5, 5.41) is 14.1. The standard InChI is InChI=1S/C12H13ClFN3O2/c13-7-2-1-3-8(14)9(7)12(18)16-10(6-4-5-6)11(15)17-19/h1-3,6,10,19H,4-5H2,(H2,15,17)(H,16,18). The van der Waals surface area contributed by atoms with Crippen molar-refractivity contribution in [2.45, 2.75) is 18.9 Å². The van der Waals surface area contributed by atoms with Gasteiger partial charge in [0.05, 0.1) is 16.6 Å². The number of hydrogen-bond acceptors (Lipinski definition) is 3. The summed E-state index contributed by atoms with van der Waals surface area (Å²) in [5.41, 5.74) is 5.28. The van der Waals surface area contributed by atoms with E-state index in [0.717, 1.165) is 18.9 Å². The predicted octanol–water partition coefficient (Wildman–Crippen LogP) is 1.73. The third-order valence-electron chi connectivity index (χ3n) is 3.00. The van der Waals surface area contributed by atoms with Crippen LogP contribution in [0.1, 0.15) is 23.2 Å². The lowest BCUT2D eigenvalue weighted by Gasteiger charge is -2.17. The summed E-state index contributed by atoms with van der Waals surface area (Å²) in [5.74, 6) is -1.36. The lowest BCUT2D eigenvalue weighted by molar-refractivity contribution is 0.0939. The minimum absolute atomic E-state index is 0.0200. The van der Waals surface area contributed by atoms with E-state index in [0.29, 0.717) is 0 Å². The molecule has 1 aliphatic rings. The topological polar surface area (TPSA) is 87.7 Å². The van der Waals surface area contributed by atoms with E-state index >= 15 is 0 Å². The second-order valence-electron chi connectivity index (χ2n) is 4.41. The van der Waals surface area contributed by atoms with Gasteiger partial charge in [0.1, 0.15) is 5.82 Å². The third-order valence-corrected chi connectivity index (χ3v) is 3.32. The summed E-state index contributed by atoms with van der Waals surface area (Å²) in [4.78, 5) is 12.0. The van der Waals surface area contributed by atoms with Crippen molar-refractivity contribution in [3.05, 3.63) is 34.6 Å². The zero-order valence-electron chi connectivity index (χ0n) is 9.94. The zero-order valence-corrected chi connectivity index (χ0v) is 10.7. The molecule has 1 aromatic carbocycles. The maximum atomic E-state index is 13.6. The van der Waals surface area contributed by atoms with Gasteiger partial charge in [-0.25, -0.2) is 4.39 Å². The van der Waals surface area contributed by atoms with Crippen LogP contribution >= 0.6 is 11.6 Å². The van der Waals surface area contributed by atoms with E-state index in [4.69, 9.17) is 22.5 Å². The molecule has 19 heavy (non-hydrogen) atoms. The van der Waals surface area contributed by atoms with E-state index in [9.17, 15) is 9.18 Å². The quantitative estimate of drug-likeness (QED) is 0.341. The van der Waals surface area contributed by atoms with Crippen molar-refractivity contribution in [1.82, 2.24) is 5.32 Å². The molecule has 1 unspecified atom stereocenters. The highest BCUT2D eigenvalue weighted by molar-refractivity contribution is 6.33. The number of nitrogens with zero attached hydrogens (tertiary/aromatic N) is 1. The van der Waals surface area contributed by atoms with Gasteiger partial charge in [0.25, 0.3) is 5.91 Å². The molecule has 2 rings (SSSR count). The summed E-state index contributed by atoms with van der Waals surface area (Å²) in [6.07, 6.45) is 1.73. The number of oxime groups is 1. The lowest BCUT2D eigenvalue weighted by Crippen LogP contribution is -2.46. The Morgan fingerprint density at radius 3 is 2.79 bits per heavy atom.